The molecule has 5 heteroatoms. The molecule has 1 aromatic rings. The van der Waals surface area contributed by atoms with Gasteiger partial charge in [-0.3, -0.25) is 4.21 Å². The first-order chi connectivity index (χ1) is 9.50. The summed E-state index contributed by atoms with van der Waals surface area (Å²) in [4.78, 5) is -0.0254. The van der Waals surface area contributed by atoms with E-state index in [1.54, 1.807) is 0 Å². The molecule has 0 saturated carbocycles. The SMILES string of the molecule is Cc1ccc([S@](=O)[C@@]23O[C@@H]2[C@@H](CO)O[C@H]3C(C)C)cc1. The molecule has 0 spiro atoms. The van der Waals surface area contributed by atoms with Crippen molar-refractivity contribution in [1.29, 1.82) is 0 Å². The fourth-order valence-electron chi connectivity index (χ4n) is 2.94. The van der Waals surface area contributed by atoms with Crippen LogP contribution in [0, 0.1) is 12.8 Å². The normalized spacial score (nSPS) is 37.0. The van der Waals surface area contributed by atoms with Crippen LogP contribution in [0.25, 0.3) is 0 Å². The first kappa shape index (κ1) is 14.2. The van der Waals surface area contributed by atoms with Crippen molar-refractivity contribution in [3.05, 3.63) is 29.8 Å². The van der Waals surface area contributed by atoms with E-state index in [0.717, 1.165) is 10.5 Å². The van der Waals surface area contributed by atoms with Gasteiger partial charge >= 0.3 is 0 Å². The summed E-state index contributed by atoms with van der Waals surface area (Å²) in [6.45, 7) is 5.95. The number of epoxide rings is 1. The van der Waals surface area contributed by atoms with Gasteiger partial charge in [-0.1, -0.05) is 31.5 Å². The maximum Gasteiger partial charge on any atom is 0.202 e. The lowest BCUT2D eigenvalue weighted by Gasteiger charge is -2.24. The fourth-order valence-corrected chi connectivity index (χ4v) is 4.79. The van der Waals surface area contributed by atoms with E-state index in [9.17, 15) is 9.32 Å². The van der Waals surface area contributed by atoms with Crippen molar-refractivity contribution in [2.24, 2.45) is 5.92 Å². The molecular weight excluding hydrogens is 276 g/mol. The molecule has 2 aliphatic rings. The van der Waals surface area contributed by atoms with Gasteiger partial charge in [-0.15, -0.1) is 0 Å². The lowest BCUT2D eigenvalue weighted by molar-refractivity contribution is -0.0737. The first-order valence-electron chi connectivity index (χ1n) is 6.93. The Balaban J connectivity index is 1.92. The standard InChI is InChI=1S/C15H20O4S/c1-9(2)13-15(14(19-15)12(8-16)18-13)20(17)11-6-4-10(3)5-7-11/h4-7,9,12-14,16H,8H2,1-3H3/t12-,13+,14-,15-,20+/m1/s1. The van der Waals surface area contributed by atoms with Crippen molar-refractivity contribution < 1.29 is 18.8 Å². The summed E-state index contributed by atoms with van der Waals surface area (Å²) in [5.74, 6) is 0.186. The summed E-state index contributed by atoms with van der Waals surface area (Å²) >= 11 is 0. The van der Waals surface area contributed by atoms with Gasteiger partial charge in [-0.2, -0.15) is 0 Å². The topological polar surface area (TPSA) is 59.1 Å². The number of aliphatic hydroxyl groups is 1. The third-order valence-corrected chi connectivity index (χ3v) is 5.86. The molecule has 1 aromatic carbocycles. The lowest BCUT2D eigenvalue weighted by atomic mass is 10.0. The second-order valence-electron chi connectivity index (χ2n) is 5.86. The van der Waals surface area contributed by atoms with Gasteiger partial charge < -0.3 is 14.6 Å². The zero-order valence-corrected chi connectivity index (χ0v) is 12.7. The van der Waals surface area contributed by atoms with Crippen LogP contribution >= 0.6 is 0 Å². The summed E-state index contributed by atoms with van der Waals surface area (Å²) in [6.07, 6.45) is -0.870. The summed E-state index contributed by atoms with van der Waals surface area (Å²) in [5, 5.41) is 9.36. The minimum Gasteiger partial charge on any atom is -0.394 e. The van der Waals surface area contributed by atoms with Crippen LogP contribution < -0.4 is 0 Å². The van der Waals surface area contributed by atoms with Crippen LogP contribution in [-0.4, -0.2) is 39.2 Å². The molecule has 4 nitrogen and oxygen atoms in total. The van der Waals surface area contributed by atoms with Gasteiger partial charge in [-0.25, -0.2) is 0 Å². The molecule has 2 aliphatic heterocycles. The van der Waals surface area contributed by atoms with E-state index in [1.807, 2.05) is 45.0 Å². The van der Waals surface area contributed by atoms with Crippen LogP contribution in [0.4, 0.5) is 0 Å². The van der Waals surface area contributed by atoms with Gasteiger partial charge in [0.2, 0.25) is 4.93 Å². The van der Waals surface area contributed by atoms with Crippen molar-refractivity contribution in [3.63, 3.8) is 0 Å². The second-order valence-corrected chi connectivity index (χ2v) is 7.51. The molecule has 20 heavy (non-hydrogen) atoms. The summed E-state index contributed by atoms with van der Waals surface area (Å²) in [7, 11) is -1.29. The Morgan fingerprint density at radius 2 is 2.00 bits per heavy atom. The number of hydrogen-bond acceptors (Lipinski definition) is 4. The molecule has 0 aliphatic carbocycles. The van der Waals surface area contributed by atoms with E-state index in [0.29, 0.717) is 0 Å². The van der Waals surface area contributed by atoms with Crippen LogP contribution in [0.3, 0.4) is 0 Å². The average molecular weight is 296 g/mol. The Kier molecular flexibility index (Phi) is 3.49. The third kappa shape index (κ3) is 1.96. The Bertz CT molecular complexity index is 527. The zero-order chi connectivity index (χ0) is 14.5. The van der Waals surface area contributed by atoms with Crippen LogP contribution in [0.1, 0.15) is 19.4 Å². The van der Waals surface area contributed by atoms with E-state index in [2.05, 4.69) is 0 Å². The highest BCUT2D eigenvalue weighted by molar-refractivity contribution is 7.86. The molecule has 0 bridgehead atoms. The summed E-state index contributed by atoms with van der Waals surface area (Å²) in [5.41, 5.74) is 1.13. The molecule has 0 radical (unpaired) electrons. The quantitative estimate of drug-likeness (QED) is 0.858. The van der Waals surface area contributed by atoms with Crippen LogP contribution in [-0.2, 0) is 20.3 Å². The number of benzene rings is 1. The number of rotatable bonds is 4. The predicted molar refractivity (Wildman–Crippen MR) is 75.8 cm³/mol. The summed E-state index contributed by atoms with van der Waals surface area (Å²) < 4.78 is 24.5. The third-order valence-electron chi connectivity index (χ3n) is 4.02. The van der Waals surface area contributed by atoms with Crippen molar-refractivity contribution in [2.75, 3.05) is 6.61 Å². The molecular formula is C15H20O4S. The van der Waals surface area contributed by atoms with Crippen LogP contribution in [0.5, 0.6) is 0 Å². The van der Waals surface area contributed by atoms with E-state index < -0.39 is 15.7 Å². The molecule has 0 aromatic heterocycles. The molecule has 2 heterocycles. The van der Waals surface area contributed by atoms with Gasteiger partial charge in [0.15, 0.2) is 0 Å². The smallest absolute Gasteiger partial charge is 0.202 e. The van der Waals surface area contributed by atoms with Crippen molar-refractivity contribution in [2.45, 2.75) is 48.9 Å². The first-order valence-corrected chi connectivity index (χ1v) is 8.08. The maximum absolute atomic E-state index is 12.9. The molecule has 0 amide bonds. The highest BCUT2D eigenvalue weighted by Gasteiger charge is 2.75. The van der Waals surface area contributed by atoms with Crippen LogP contribution in [0.2, 0.25) is 0 Å². The van der Waals surface area contributed by atoms with Gasteiger partial charge in [0.05, 0.1) is 17.4 Å². The predicted octanol–water partition coefficient (Wildman–Crippen LogP) is 1.61. The van der Waals surface area contributed by atoms with Crippen molar-refractivity contribution in [1.82, 2.24) is 0 Å². The zero-order valence-electron chi connectivity index (χ0n) is 11.9. The van der Waals surface area contributed by atoms with E-state index in [1.165, 1.54) is 0 Å². The maximum atomic E-state index is 12.9. The fraction of sp³-hybridized carbons (Fsp3) is 0.600. The van der Waals surface area contributed by atoms with Gasteiger partial charge in [0.1, 0.15) is 18.3 Å². The number of hydrogen-bond donors (Lipinski definition) is 1. The van der Waals surface area contributed by atoms with E-state index in [-0.39, 0.29) is 30.8 Å². The number of ether oxygens (including phenoxy) is 2. The average Bonchev–Trinajstić information content (AvgIpc) is 3.08. The Morgan fingerprint density at radius 3 is 2.55 bits per heavy atom. The minimum atomic E-state index is -1.29. The van der Waals surface area contributed by atoms with Gasteiger partial charge in [0.25, 0.3) is 0 Å². The largest absolute Gasteiger partial charge is 0.394 e. The highest BCUT2D eigenvalue weighted by Crippen LogP contribution is 2.55. The van der Waals surface area contributed by atoms with E-state index >= 15 is 0 Å². The molecule has 1 N–H and O–H groups in total. The second kappa shape index (κ2) is 4.91. The molecule has 2 saturated heterocycles. The molecule has 2 fully saturated rings. The Morgan fingerprint density at radius 1 is 1.35 bits per heavy atom. The molecule has 0 unspecified atom stereocenters. The van der Waals surface area contributed by atoms with Gasteiger partial charge in [-0.05, 0) is 25.0 Å². The van der Waals surface area contributed by atoms with Crippen molar-refractivity contribution >= 4 is 10.8 Å². The number of aliphatic hydroxyl groups excluding tert-OH is 1. The Hall–Kier alpha value is -0.750. The van der Waals surface area contributed by atoms with Gasteiger partial charge in [0, 0.05) is 4.90 Å². The van der Waals surface area contributed by atoms with E-state index in [4.69, 9.17) is 9.47 Å². The molecule has 3 rings (SSSR count). The monoisotopic (exact) mass is 296 g/mol. The molecule has 5 atom stereocenters. The number of fused-ring (bicyclic) bond motifs is 1. The Labute approximate surface area is 121 Å². The minimum absolute atomic E-state index is 0.0965. The highest BCUT2D eigenvalue weighted by atomic mass is 32.2. The van der Waals surface area contributed by atoms with Crippen molar-refractivity contribution in [3.8, 4) is 0 Å². The van der Waals surface area contributed by atoms with Crippen LogP contribution in [0.15, 0.2) is 29.2 Å². The summed E-state index contributed by atoms with van der Waals surface area (Å²) in [6, 6.07) is 7.65. The molecule has 110 valence electrons. The number of aryl methyl sites for hydroxylation is 1. The lowest BCUT2D eigenvalue weighted by Crippen LogP contribution is -2.37.